The fourth-order valence-electron chi connectivity index (χ4n) is 6.04. The molecule has 3 aromatic rings. The highest BCUT2D eigenvalue weighted by Crippen LogP contribution is 2.42. The zero-order valence-corrected chi connectivity index (χ0v) is 27.3. The van der Waals surface area contributed by atoms with Crippen LogP contribution in [0.2, 0.25) is 0 Å². The Labute approximate surface area is 265 Å². The summed E-state index contributed by atoms with van der Waals surface area (Å²) in [6.45, 7) is 8.31. The molecule has 0 saturated heterocycles. The number of ether oxygens (including phenoxy) is 2. The highest BCUT2D eigenvalue weighted by Gasteiger charge is 2.32. The van der Waals surface area contributed by atoms with E-state index in [0.29, 0.717) is 33.0 Å². The molecule has 44 heavy (non-hydrogen) atoms. The molecule has 234 valence electrons. The smallest absolute Gasteiger partial charge is 0.341 e. The fourth-order valence-corrected chi connectivity index (χ4v) is 8.73. The Morgan fingerprint density at radius 1 is 0.750 bits per heavy atom. The number of carbonyl (C=O) groups is 4. The summed E-state index contributed by atoms with van der Waals surface area (Å²) < 4.78 is 10.7. The Bertz CT molecular complexity index is 1460. The molecule has 0 saturated carbocycles. The summed E-state index contributed by atoms with van der Waals surface area (Å²) in [4.78, 5) is 59.3. The minimum Gasteiger partial charge on any atom is -0.462 e. The van der Waals surface area contributed by atoms with Crippen molar-refractivity contribution in [3.63, 3.8) is 0 Å². The van der Waals surface area contributed by atoms with Gasteiger partial charge in [-0.15, -0.1) is 22.7 Å². The summed E-state index contributed by atoms with van der Waals surface area (Å²) in [5.74, 6) is -0.860. The van der Waals surface area contributed by atoms with E-state index in [1.165, 1.54) is 34.8 Å². The lowest BCUT2D eigenvalue weighted by molar-refractivity contribution is 0.0516. The molecule has 0 spiro atoms. The van der Waals surface area contributed by atoms with Crippen LogP contribution in [0.3, 0.4) is 0 Å². The van der Waals surface area contributed by atoms with E-state index >= 15 is 0 Å². The number of nitrogens with one attached hydrogen (secondary N) is 2. The van der Waals surface area contributed by atoms with Crippen LogP contribution in [0.25, 0.3) is 0 Å². The maximum atomic E-state index is 13.4. The van der Waals surface area contributed by atoms with Crippen LogP contribution in [0.4, 0.5) is 10.0 Å². The number of hydrogen-bond donors (Lipinski definition) is 2. The third-order valence-corrected chi connectivity index (χ3v) is 10.9. The van der Waals surface area contributed by atoms with Crippen LogP contribution in [0.15, 0.2) is 18.2 Å². The van der Waals surface area contributed by atoms with Crippen LogP contribution in [-0.4, -0.2) is 42.0 Å². The van der Waals surface area contributed by atoms with Crippen molar-refractivity contribution in [2.45, 2.75) is 79.1 Å². The summed E-state index contributed by atoms with van der Waals surface area (Å²) in [6, 6.07) is 4.64. The normalized spacial score (nSPS) is 17.3. The second-order valence-electron chi connectivity index (χ2n) is 11.2. The molecular weight excluding hydrogens is 599 g/mol. The van der Waals surface area contributed by atoms with E-state index in [4.69, 9.17) is 9.47 Å². The van der Waals surface area contributed by atoms with Crippen LogP contribution >= 0.6 is 22.7 Å². The number of carbonyl (C=O) groups excluding carboxylic acids is 4. The average molecular weight is 638 g/mol. The maximum absolute atomic E-state index is 13.4. The summed E-state index contributed by atoms with van der Waals surface area (Å²) in [7, 11) is 0. The molecule has 2 N–H and O–H groups in total. The minimum atomic E-state index is -0.528. The molecule has 0 radical (unpaired) electrons. The van der Waals surface area contributed by atoms with Gasteiger partial charge in [-0.2, -0.15) is 0 Å². The molecule has 2 atom stereocenters. The monoisotopic (exact) mass is 637 g/mol. The largest absolute Gasteiger partial charge is 0.462 e. The van der Waals surface area contributed by atoms with Gasteiger partial charge in [-0.3, -0.25) is 9.59 Å². The van der Waals surface area contributed by atoms with Crippen LogP contribution in [-0.2, 0) is 35.2 Å². The third kappa shape index (κ3) is 6.58. The number of anilines is 2. The Balaban J connectivity index is 1.38. The van der Waals surface area contributed by atoms with Crippen molar-refractivity contribution in [1.82, 2.24) is 4.98 Å². The quantitative estimate of drug-likeness (QED) is 0.228. The molecule has 11 heteroatoms. The second kappa shape index (κ2) is 14.0. The van der Waals surface area contributed by atoms with Gasteiger partial charge in [0.1, 0.15) is 21.4 Å². The lowest BCUT2D eigenvalue weighted by Crippen LogP contribution is -2.20. The van der Waals surface area contributed by atoms with Gasteiger partial charge in [0.25, 0.3) is 11.8 Å². The molecule has 2 aliphatic carbocycles. The minimum absolute atomic E-state index is 0.0344. The van der Waals surface area contributed by atoms with Crippen molar-refractivity contribution in [3.8, 4) is 0 Å². The van der Waals surface area contributed by atoms with Crippen molar-refractivity contribution in [2.24, 2.45) is 11.8 Å². The summed E-state index contributed by atoms with van der Waals surface area (Å²) in [5, 5.41) is 6.65. The highest BCUT2D eigenvalue weighted by molar-refractivity contribution is 7.17. The molecule has 9 nitrogen and oxygen atoms in total. The SMILES string of the molecule is CCOC(=O)c1c(NC(=O)c2cccc(C(=O)Nc3sc4c(c3C(=O)OCC)CCC(CC)C4)n2)sc2c1CCC(CC)C2. The first-order chi connectivity index (χ1) is 21.3. The lowest BCUT2D eigenvalue weighted by atomic mass is 9.85. The number of fused-ring (bicyclic) bond motifs is 2. The molecule has 2 amide bonds. The van der Waals surface area contributed by atoms with E-state index in [-0.39, 0.29) is 24.6 Å². The number of esters is 2. The Hall–Kier alpha value is -3.57. The number of rotatable bonds is 10. The van der Waals surface area contributed by atoms with Crippen LogP contribution < -0.4 is 10.6 Å². The van der Waals surface area contributed by atoms with Gasteiger partial charge in [0.15, 0.2) is 0 Å². The van der Waals surface area contributed by atoms with E-state index in [1.807, 2.05) is 0 Å². The van der Waals surface area contributed by atoms with E-state index < -0.39 is 23.8 Å². The molecule has 2 unspecified atom stereocenters. The zero-order valence-electron chi connectivity index (χ0n) is 25.7. The number of pyridine rings is 1. The Morgan fingerprint density at radius 2 is 1.18 bits per heavy atom. The van der Waals surface area contributed by atoms with Crippen LogP contribution in [0.5, 0.6) is 0 Å². The fraction of sp³-hybridized carbons (Fsp3) is 0.485. The molecule has 2 aliphatic rings. The lowest BCUT2D eigenvalue weighted by Gasteiger charge is -2.20. The van der Waals surface area contributed by atoms with Crippen molar-refractivity contribution in [3.05, 3.63) is 61.6 Å². The van der Waals surface area contributed by atoms with E-state index in [9.17, 15) is 19.2 Å². The first-order valence-corrected chi connectivity index (χ1v) is 17.1. The molecule has 0 aliphatic heterocycles. The molecule has 3 aromatic heterocycles. The second-order valence-corrected chi connectivity index (χ2v) is 13.4. The average Bonchev–Trinajstić information content (AvgIpc) is 3.57. The number of amides is 2. The number of nitrogens with zero attached hydrogens (tertiary/aromatic N) is 1. The van der Waals surface area contributed by atoms with Gasteiger partial charge in [-0.25, -0.2) is 14.6 Å². The van der Waals surface area contributed by atoms with Crippen LogP contribution in [0, 0.1) is 11.8 Å². The molecule has 3 heterocycles. The molecule has 0 fully saturated rings. The van der Waals surface area contributed by atoms with Crippen molar-refractivity contribution in [1.29, 1.82) is 0 Å². The van der Waals surface area contributed by atoms with Gasteiger partial charge in [0.2, 0.25) is 0 Å². The third-order valence-electron chi connectivity index (χ3n) is 8.52. The van der Waals surface area contributed by atoms with Crippen molar-refractivity contribution >= 4 is 56.4 Å². The van der Waals surface area contributed by atoms with E-state index in [2.05, 4.69) is 29.5 Å². The molecular formula is C33H39N3O6S2. The van der Waals surface area contributed by atoms with Crippen LogP contribution in [0.1, 0.15) is 116 Å². The van der Waals surface area contributed by atoms with Gasteiger partial charge in [0, 0.05) is 9.75 Å². The molecule has 5 rings (SSSR count). The predicted molar refractivity (Wildman–Crippen MR) is 172 cm³/mol. The highest BCUT2D eigenvalue weighted by atomic mass is 32.1. The first-order valence-electron chi connectivity index (χ1n) is 15.5. The Kier molecular flexibility index (Phi) is 10.2. The first kappa shape index (κ1) is 31.8. The topological polar surface area (TPSA) is 124 Å². The standard InChI is InChI=1S/C33H39N3O6S2/c1-5-18-12-14-20-24(16-18)43-30(26(20)32(39)41-7-3)35-28(37)22-10-9-11-23(34-22)29(38)36-31-27(33(40)42-8-4)21-15-13-19(6-2)17-25(21)44-31/h9-11,18-19H,5-8,12-17H2,1-4H3,(H,35,37)(H,36,38). The predicted octanol–water partition coefficient (Wildman–Crippen LogP) is 7.09. The van der Waals surface area contributed by atoms with E-state index in [1.54, 1.807) is 19.9 Å². The van der Waals surface area contributed by atoms with Gasteiger partial charge in [-0.1, -0.05) is 32.8 Å². The van der Waals surface area contributed by atoms with Gasteiger partial charge >= 0.3 is 11.9 Å². The van der Waals surface area contributed by atoms with Gasteiger partial charge < -0.3 is 20.1 Å². The number of aromatic nitrogens is 1. The molecule has 0 aromatic carbocycles. The van der Waals surface area contributed by atoms with Crippen molar-refractivity contribution in [2.75, 3.05) is 23.8 Å². The zero-order chi connectivity index (χ0) is 31.4. The van der Waals surface area contributed by atoms with Gasteiger partial charge in [0.05, 0.1) is 24.3 Å². The summed E-state index contributed by atoms with van der Waals surface area (Å²) in [6.07, 6.45) is 7.36. The van der Waals surface area contributed by atoms with Crippen molar-refractivity contribution < 1.29 is 28.7 Å². The van der Waals surface area contributed by atoms with Gasteiger partial charge in [-0.05, 0) is 87.5 Å². The summed E-state index contributed by atoms with van der Waals surface area (Å²) in [5.41, 5.74) is 2.82. The number of hydrogen-bond acceptors (Lipinski definition) is 9. The molecule has 0 bridgehead atoms. The van der Waals surface area contributed by atoms with E-state index in [0.717, 1.165) is 72.2 Å². The number of thiophene rings is 2. The Morgan fingerprint density at radius 3 is 1.57 bits per heavy atom. The maximum Gasteiger partial charge on any atom is 0.341 e. The summed E-state index contributed by atoms with van der Waals surface area (Å²) >= 11 is 2.82.